The van der Waals surface area contributed by atoms with Crippen molar-refractivity contribution in [1.29, 1.82) is 0 Å². The Morgan fingerprint density at radius 1 is 1.13 bits per heavy atom. The van der Waals surface area contributed by atoms with Crippen molar-refractivity contribution in [3.8, 4) is 11.5 Å². The van der Waals surface area contributed by atoms with Crippen LogP contribution in [0.4, 0.5) is 19.4 Å². The van der Waals surface area contributed by atoms with E-state index in [1.165, 1.54) is 25.4 Å². The fourth-order valence-electron chi connectivity index (χ4n) is 3.05. The number of hydrogen-bond donors (Lipinski definition) is 0. The molecule has 2 aromatic rings. The summed E-state index contributed by atoms with van der Waals surface area (Å²) in [6.45, 7) is -1.78. The van der Waals surface area contributed by atoms with E-state index in [0.29, 0.717) is 27.5 Å². The molecule has 2 heterocycles. The van der Waals surface area contributed by atoms with Crippen molar-refractivity contribution in [1.82, 2.24) is 15.0 Å². The van der Waals surface area contributed by atoms with E-state index in [1.54, 1.807) is 12.1 Å². The van der Waals surface area contributed by atoms with Gasteiger partial charge in [0.1, 0.15) is 18.7 Å². The molecule has 1 aliphatic rings. The molecule has 11 nitrogen and oxygen atoms in total. The second-order valence-electron chi connectivity index (χ2n) is 6.23. The predicted octanol–water partition coefficient (Wildman–Crippen LogP) is 1.52. The van der Waals surface area contributed by atoms with Crippen LogP contribution in [0.15, 0.2) is 22.8 Å². The van der Waals surface area contributed by atoms with Crippen molar-refractivity contribution in [2.24, 2.45) is 4.36 Å². The zero-order chi connectivity index (χ0) is 21.9. The van der Waals surface area contributed by atoms with Crippen LogP contribution in [0.25, 0.3) is 10.9 Å². The molecule has 0 atom stereocenters. The molecule has 30 heavy (non-hydrogen) atoms. The molecule has 1 saturated heterocycles. The molecule has 0 bridgehead atoms. The van der Waals surface area contributed by atoms with Crippen LogP contribution in [0.2, 0.25) is 0 Å². The van der Waals surface area contributed by atoms with Crippen molar-refractivity contribution in [2.75, 3.05) is 45.3 Å². The third kappa shape index (κ3) is 4.88. The van der Waals surface area contributed by atoms with Crippen LogP contribution in [0, 0.1) is 0 Å². The lowest BCUT2D eigenvalue weighted by Gasteiger charge is -2.25. The largest absolute Gasteiger partial charge is 0.493 e. The number of fused-ring (bicyclic) bond motifs is 1. The van der Waals surface area contributed by atoms with Gasteiger partial charge in [0.25, 0.3) is 5.92 Å². The van der Waals surface area contributed by atoms with Crippen LogP contribution in [0.1, 0.15) is 0 Å². The number of methoxy groups -OCH3 is 2. The van der Waals surface area contributed by atoms with Gasteiger partial charge in [-0.1, -0.05) is 4.36 Å². The van der Waals surface area contributed by atoms with Crippen LogP contribution >= 0.6 is 0 Å². The summed E-state index contributed by atoms with van der Waals surface area (Å²) in [4.78, 5) is 25.6. The fraction of sp³-hybridized carbons (Fsp3) is 0.438. The van der Waals surface area contributed by atoms with Crippen molar-refractivity contribution < 1.29 is 36.3 Å². The molecule has 0 radical (unpaired) electrons. The molecule has 0 saturated carbocycles. The highest BCUT2D eigenvalue weighted by Gasteiger charge is 2.39. The molecule has 162 valence electrons. The summed E-state index contributed by atoms with van der Waals surface area (Å²) < 4.78 is 63.0. The number of rotatable bonds is 4. The first kappa shape index (κ1) is 21.6. The smallest absolute Gasteiger partial charge is 0.467 e. The number of benzene rings is 1. The third-order valence-corrected chi connectivity index (χ3v) is 4.52. The molecule has 0 unspecified atom stereocenters. The Morgan fingerprint density at radius 3 is 2.50 bits per heavy atom. The minimum absolute atomic E-state index is 0.00376. The maximum Gasteiger partial charge on any atom is 0.467 e. The Labute approximate surface area is 170 Å². The topological polar surface area (TPSA) is 124 Å². The summed E-state index contributed by atoms with van der Waals surface area (Å²) >= 11 is 0. The van der Waals surface area contributed by atoms with E-state index in [4.69, 9.17) is 9.47 Å². The van der Waals surface area contributed by atoms with E-state index in [-0.39, 0.29) is 18.9 Å². The minimum atomic E-state index is -3.30. The van der Waals surface area contributed by atoms with E-state index >= 15 is 0 Å². The molecule has 0 N–H and O–H groups in total. The van der Waals surface area contributed by atoms with E-state index in [0.717, 1.165) is 0 Å². The Morgan fingerprint density at radius 2 is 1.83 bits per heavy atom. The van der Waals surface area contributed by atoms with Gasteiger partial charge in [-0.3, -0.25) is 0 Å². The van der Waals surface area contributed by atoms with Gasteiger partial charge in [0.15, 0.2) is 11.5 Å². The number of aromatic nitrogens is 2. The third-order valence-electron chi connectivity index (χ3n) is 4.22. The van der Waals surface area contributed by atoms with Crippen molar-refractivity contribution in [3.05, 3.63) is 18.5 Å². The quantitative estimate of drug-likeness (QED) is 0.684. The molecule has 1 aromatic carbocycles. The number of carbonyl (C=O) groups is 1. The lowest BCUT2D eigenvalue weighted by atomic mass is 10.2. The summed E-state index contributed by atoms with van der Waals surface area (Å²) in [5.74, 6) is -2.26. The van der Waals surface area contributed by atoms with Gasteiger partial charge in [0.05, 0.1) is 32.8 Å². The van der Waals surface area contributed by atoms with Crippen molar-refractivity contribution in [3.63, 3.8) is 0 Å². The Hall–Kier alpha value is -3.13. The maximum atomic E-state index is 14.5. The summed E-state index contributed by atoms with van der Waals surface area (Å²) in [6, 6.07) is 3.20. The highest BCUT2D eigenvalue weighted by Crippen LogP contribution is 2.35. The summed E-state index contributed by atoms with van der Waals surface area (Å²) in [7, 11) is -0.137. The number of alkyl halides is 2. The lowest BCUT2D eigenvalue weighted by Crippen LogP contribution is -2.40. The molecule has 0 aliphatic carbocycles. The average Bonchev–Trinajstić information content (AvgIpc) is 2.82. The SMILES string of the molecule is COc1cc2ncnc(N3CCN(OC(=O)N=S(=O)=O)CC(F)(F)C3)c2cc1OC. The van der Waals surface area contributed by atoms with E-state index < -0.39 is 35.6 Å². The van der Waals surface area contributed by atoms with Crippen LogP contribution in [-0.4, -0.2) is 75.9 Å². The maximum absolute atomic E-state index is 14.5. The summed E-state index contributed by atoms with van der Waals surface area (Å²) in [6.07, 6.45) is -0.260. The molecule has 1 aromatic heterocycles. The van der Waals surface area contributed by atoms with Gasteiger partial charge < -0.3 is 19.2 Å². The number of hydrogen-bond acceptors (Lipinski definition) is 10. The van der Waals surface area contributed by atoms with Gasteiger partial charge in [-0.25, -0.2) is 23.5 Å². The number of hydroxylamine groups is 2. The number of nitrogens with zero attached hydrogens (tertiary/aromatic N) is 5. The molecule has 3 rings (SSSR count). The van der Waals surface area contributed by atoms with Gasteiger partial charge >= 0.3 is 16.6 Å². The monoisotopic (exact) mass is 445 g/mol. The highest BCUT2D eigenvalue weighted by molar-refractivity contribution is 7.62. The number of carbonyl (C=O) groups excluding carboxylic acids is 1. The normalized spacial score (nSPS) is 16.6. The van der Waals surface area contributed by atoms with Gasteiger partial charge in [0.2, 0.25) is 0 Å². The first-order chi connectivity index (χ1) is 14.2. The van der Waals surface area contributed by atoms with E-state index in [1.807, 2.05) is 0 Å². The first-order valence-corrected chi connectivity index (χ1v) is 9.53. The Bertz CT molecular complexity index is 1090. The van der Waals surface area contributed by atoms with E-state index in [2.05, 4.69) is 19.2 Å². The van der Waals surface area contributed by atoms with Crippen molar-refractivity contribution >= 4 is 33.3 Å². The zero-order valence-electron chi connectivity index (χ0n) is 15.9. The number of halogens is 2. The molecule has 1 amide bonds. The van der Waals surface area contributed by atoms with Gasteiger partial charge in [-0.2, -0.15) is 8.42 Å². The van der Waals surface area contributed by atoms with Gasteiger partial charge in [0, 0.05) is 18.0 Å². The molecular weight excluding hydrogens is 428 g/mol. The number of amides is 1. The average molecular weight is 445 g/mol. The lowest BCUT2D eigenvalue weighted by molar-refractivity contribution is -0.141. The molecule has 14 heteroatoms. The molecule has 1 fully saturated rings. The Balaban J connectivity index is 1.93. The van der Waals surface area contributed by atoms with E-state index in [9.17, 15) is 22.0 Å². The van der Waals surface area contributed by atoms with Gasteiger partial charge in [-0.15, -0.1) is 5.06 Å². The van der Waals surface area contributed by atoms with Gasteiger partial charge in [-0.05, 0) is 6.07 Å². The van der Waals surface area contributed by atoms with Crippen LogP contribution in [0.5, 0.6) is 11.5 Å². The summed E-state index contributed by atoms with van der Waals surface area (Å²) in [5.41, 5.74) is 0.463. The number of anilines is 1. The fourth-order valence-corrected chi connectivity index (χ4v) is 3.20. The minimum Gasteiger partial charge on any atom is -0.493 e. The Kier molecular flexibility index (Phi) is 6.26. The molecule has 0 spiro atoms. The zero-order valence-corrected chi connectivity index (χ0v) is 16.7. The van der Waals surface area contributed by atoms with Crippen LogP contribution in [-0.2, 0) is 15.3 Å². The predicted molar refractivity (Wildman–Crippen MR) is 99.2 cm³/mol. The first-order valence-electron chi connectivity index (χ1n) is 8.50. The number of ether oxygens (including phenoxy) is 2. The standard InChI is InChI=1S/C16H17F2N5O6S/c1-27-12-5-10-11(6-13(12)28-2)19-9-20-14(10)22-3-4-23(8-16(17,18)7-22)29-15(24)21-30(25)26/h5-6,9H,3-4,7-8H2,1-2H3. The highest BCUT2D eigenvalue weighted by atomic mass is 32.2. The van der Waals surface area contributed by atoms with Crippen LogP contribution < -0.4 is 14.4 Å². The molecule has 1 aliphatic heterocycles. The second-order valence-corrected chi connectivity index (χ2v) is 6.85. The van der Waals surface area contributed by atoms with Crippen molar-refractivity contribution in [2.45, 2.75) is 5.92 Å². The van der Waals surface area contributed by atoms with Crippen LogP contribution in [0.3, 0.4) is 0 Å². The summed E-state index contributed by atoms with van der Waals surface area (Å²) in [5, 5.41) is 1.14. The molecular formula is C16H17F2N5O6S. The second kappa shape index (κ2) is 8.71.